The van der Waals surface area contributed by atoms with Crippen molar-refractivity contribution in [3.63, 3.8) is 0 Å². The summed E-state index contributed by atoms with van der Waals surface area (Å²) in [4.78, 5) is 0. The van der Waals surface area contributed by atoms with E-state index in [1.54, 1.807) is 16.7 Å². The summed E-state index contributed by atoms with van der Waals surface area (Å²) < 4.78 is 0. The van der Waals surface area contributed by atoms with Crippen LogP contribution in [0.5, 0.6) is 0 Å². The van der Waals surface area contributed by atoms with Gasteiger partial charge < -0.3 is 0 Å². The van der Waals surface area contributed by atoms with E-state index in [9.17, 15) is 0 Å². The Morgan fingerprint density at radius 2 is 1.45 bits per heavy atom. The number of rotatable bonds is 0. The average Bonchev–Trinajstić information content (AvgIpc) is 2.60. The Bertz CT molecular complexity index is 928. The standard InChI is InChI=1S/C22H20/c1-3-7-19-15(5-1)9-11-17-14-22-18(13-21(17)19)12-10-16-6-2-4-8-20(16)22/h1,5,9-14H,2-4,6-8H2. The highest BCUT2D eigenvalue weighted by atomic mass is 14.2. The van der Waals surface area contributed by atoms with E-state index in [0.29, 0.717) is 0 Å². The Labute approximate surface area is 131 Å². The van der Waals surface area contributed by atoms with E-state index >= 15 is 0 Å². The van der Waals surface area contributed by atoms with Crippen LogP contribution in [0.4, 0.5) is 0 Å². The zero-order chi connectivity index (χ0) is 14.5. The second-order valence-electron chi connectivity index (χ2n) is 6.78. The van der Waals surface area contributed by atoms with E-state index in [4.69, 9.17) is 0 Å². The molecule has 0 bridgehead atoms. The molecule has 0 N–H and O–H groups in total. The molecule has 2 aliphatic rings. The van der Waals surface area contributed by atoms with Gasteiger partial charge in [0.25, 0.3) is 0 Å². The Kier molecular flexibility index (Phi) is 2.67. The van der Waals surface area contributed by atoms with Crippen molar-refractivity contribution in [3.8, 4) is 0 Å². The summed E-state index contributed by atoms with van der Waals surface area (Å²) in [7, 11) is 0. The number of benzene rings is 3. The Morgan fingerprint density at radius 3 is 2.36 bits per heavy atom. The fraction of sp³-hybridized carbons (Fsp3) is 0.273. The van der Waals surface area contributed by atoms with Gasteiger partial charge in [-0.3, -0.25) is 0 Å². The van der Waals surface area contributed by atoms with Crippen molar-refractivity contribution in [2.24, 2.45) is 0 Å². The predicted molar refractivity (Wildman–Crippen MR) is 95.5 cm³/mol. The molecule has 108 valence electrons. The van der Waals surface area contributed by atoms with Gasteiger partial charge in [-0.2, -0.15) is 0 Å². The highest BCUT2D eigenvalue weighted by Crippen LogP contribution is 2.35. The van der Waals surface area contributed by atoms with E-state index in [0.717, 1.165) is 0 Å². The molecule has 0 unspecified atom stereocenters. The van der Waals surface area contributed by atoms with Crippen molar-refractivity contribution in [2.75, 3.05) is 0 Å². The van der Waals surface area contributed by atoms with Crippen molar-refractivity contribution in [3.05, 3.63) is 64.7 Å². The monoisotopic (exact) mass is 284 g/mol. The van der Waals surface area contributed by atoms with Crippen LogP contribution in [-0.4, -0.2) is 0 Å². The van der Waals surface area contributed by atoms with E-state index in [-0.39, 0.29) is 0 Å². The quantitative estimate of drug-likeness (QED) is 0.455. The second kappa shape index (κ2) is 4.71. The van der Waals surface area contributed by atoms with Crippen molar-refractivity contribution in [1.82, 2.24) is 0 Å². The molecule has 0 heteroatoms. The van der Waals surface area contributed by atoms with Gasteiger partial charge in [0.15, 0.2) is 0 Å². The summed E-state index contributed by atoms with van der Waals surface area (Å²) in [5.74, 6) is 0. The number of fused-ring (bicyclic) bond motifs is 6. The molecule has 0 aromatic heterocycles. The first-order valence-corrected chi connectivity index (χ1v) is 8.57. The van der Waals surface area contributed by atoms with Crippen molar-refractivity contribution < 1.29 is 0 Å². The molecule has 0 radical (unpaired) electrons. The fourth-order valence-electron chi connectivity index (χ4n) is 4.35. The first-order chi connectivity index (χ1) is 10.9. The Morgan fingerprint density at radius 1 is 0.682 bits per heavy atom. The summed E-state index contributed by atoms with van der Waals surface area (Å²) in [5, 5.41) is 5.80. The third-order valence-corrected chi connectivity index (χ3v) is 5.50. The third kappa shape index (κ3) is 1.76. The molecule has 3 aromatic rings. The molecule has 2 aliphatic carbocycles. The van der Waals surface area contributed by atoms with Crippen LogP contribution >= 0.6 is 0 Å². The van der Waals surface area contributed by atoms with Crippen LogP contribution in [0, 0.1) is 0 Å². The minimum Gasteiger partial charge on any atom is -0.0836 e. The van der Waals surface area contributed by atoms with Gasteiger partial charge in [0.05, 0.1) is 0 Å². The predicted octanol–water partition coefficient (Wildman–Crippen LogP) is 5.83. The highest BCUT2D eigenvalue weighted by molar-refractivity contribution is 6.02. The molecule has 5 rings (SSSR count). The fourth-order valence-corrected chi connectivity index (χ4v) is 4.35. The minimum absolute atomic E-state index is 1.17. The molecule has 0 heterocycles. The first-order valence-electron chi connectivity index (χ1n) is 8.57. The topological polar surface area (TPSA) is 0 Å². The van der Waals surface area contributed by atoms with E-state index < -0.39 is 0 Å². The lowest BCUT2D eigenvalue weighted by Gasteiger charge is -2.19. The Hall–Kier alpha value is -2.08. The molecule has 3 aromatic carbocycles. The van der Waals surface area contributed by atoms with Crippen LogP contribution in [0.2, 0.25) is 0 Å². The summed E-state index contributed by atoms with van der Waals surface area (Å²) >= 11 is 0. The minimum atomic E-state index is 1.17. The maximum absolute atomic E-state index is 2.45. The smallest absolute Gasteiger partial charge is 0.0139 e. The Balaban J connectivity index is 1.86. The number of allylic oxidation sites excluding steroid dienone is 1. The summed E-state index contributed by atoms with van der Waals surface area (Å²) in [6.45, 7) is 0. The number of hydrogen-bond acceptors (Lipinski definition) is 0. The van der Waals surface area contributed by atoms with Crippen LogP contribution in [0.1, 0.15) is 41.5 Å². The molecule has 0 atom stereocenters. The van der Waals surface area contributed by atoms with E-state index in [1.807, 2.05) is 0 Å². The largest absolute Gasteiger partial charge is 0.0836 e. The lowest BCUT2D eigenvalue weighted by atomic mass is 9.85. The zero-order valence-corrected chi connectivity index (χ0v) is 12.9. The maximum atomic E-state index is 2.45. The van der Waals surface area contributed by atoms with E-state index in [2.05, 4.69) is 48.6 Å². The molecule has 22 heavy (non-hydrogen) atoms. The molecule has 0 spiro atoms. The van der Waals surface area contributed by atoms with Crippen LogP contribution in [-0.2, 0) is 19.3 Å². The summed E-state index contributed by atoms with van der Waals surface area (Å²) in [6.07, 6.45) is 12.2. The lowest BCUT2D eigenvalue weighted by Crippen LogP contribution is -2.03. The van der Waals surface area contributed by atoms with Crippen LogP contribution < -0.4 is 0 Å². The molecule has 0 saturated carbocycles. The molecule has 0 fully saturated rings. The molecule has 0 saturated heterocycles. The van der Waals surface area contributed by atoms with Crippen molar-refractivity contribution >= 4 is 27.6 Å². The third-order valence-electron chi connectivity index (χ3n) is 5.50. The number of hydrogen-bond donors (Lipinski definition) is 0. The van der Waals surface area contributed by atoms with Gasteiger partial charge >= 0.3 is 0 Å². The van der Waals surface area contributed by atoms with Gasteiger partial charge in [0.2, 0.25) is 0 Å². The normalized spacial score (nSPS) is 16.7. The number of aryl methyl sites for hydroxylation is 3. The second-order valence-corrected chi connectivity index (χ2v) is 6.78. The SMILES string of the molecule is C1=Cc2ccc3cc4c5c(ccc4cc3c2CC1)CCCC5. The first kappa shape index (κ1) is 12.5. The van der Waals surface area contributed by atoms with Gasteiger partial charge in [-0.15, -0.1) is 0 Å². The highest BCUT2D eigenvalue weighted by Gasteiger charge is 2.14. The van der Waals surface area contributed by atoms with Gasteiger partial charge in [-0.05, 0) is 94.5 Å². The zero-order valence-electron chi connectivity index (χ0n) is 12.9. The van der Waals surface area contributed by atoms with Gasteiger partial charge in [0, 0.05) is 0 Å². The van der Waals surface area contributed by atoms with Crippen LogP contribution in [0.3, 0.4) is 0 Å². The van der Waals surface area contributed by atoms with Crippen molar-refractivity contribution in [1.29, 1.82) is 0 Å². The van der Waals surface area contributed by atoms with Gasteiger partial charge in [-0.1, -0.05) is 36.4 Å². The molecule has 0 nitrogen and oxygen atoms in total. The summed E-state index contributed by atoms with van der Waals surface area (Å²) in [5.41, 5.74) is 6.15. The lowest BCUT2D eigenvalue weighted by molar-refractivity contribution is 0.690. The molecular formula is C22H20. The molecule has 0 aliphatic heterocycles. The molecule has 0 amide bonds. The summed E-state index contributed by atoms with van der Waals surface area (Å²) in [6, 6.07) is 14.2. The molecular weight excluding hydrogens is 264 g/mol. The van der Waals surface area contributed by atoms with E-state index in [1.165, 1.54) is 65.6 Å². The maximum Gasteiger partial charge on any atom is -0.0139 e. The van der Waals surface area contributed by atoms with Gasteiger partial charge in [-0.25, -0.2) is 0 Å². The van der Waals surface area contributed by atoms with Crippen molar-refractivity contribution in [2.45, 2.75) is 38.5 Å². The van der Waals surface area contributed by atoms with Crippen LogP contribution in [0.25, 0.3) is 27.6 Å². The van der Waals surface area contributed by atoms with Crippen LogP contribution in [0.15, 0.2) is 42.5 Å². The van der Waals surface area contributed by atoms with Gasteiger partial charge in [0.1, 0.15) is 0 Å². The average molecular weight is 284 g/mol.